The summed E-state index contributed by atoms with van der Waals surface area (Å²) in [5.41, 5.74) is 6.14. The van der Waals surface area contributed by atoms with Gasteiger partial charge in [0, 0.05) is 18.5 Å². The van der Waals surface area contributed by atoms with Crippen LogP contribution in [0.2, 0.25) is 0 Å². The van der Waals surface area contributed by atoms with Crippen LogP contribution in [-0.4, -0.2) is 26.3 Å². The molecule has 1 aromatic carbocycles. The zero-order valence-corrected chi connectivity index (χ0v) is 11.0. The van der Waals surface area contributed by atoms with Gasteiger partial charge < -0.3 is 10.1 Å². The van der Waals surface area contributed by atoms with Crippen molar-refractivity contribution in [2.45, 2.75) is 26.2 Å². The molecule has 0 unspecified atom stereocenters. The highest BCUT2D eigenvalue weighted by Crippen LogP contribution is 2.43. The molecule has 0 amide bonds. The van der Waals surface area contributed by atoms with Crippen molar-refractivity contribution >= 4 is 0 Å². The van der Waals surface area contributed by atoms with Crippen molar-refractivity contribution in [2.24, 2.45) is 5.92 Å². The van der Waals surface area contributed by atoms with Gasteiger partial charge >= 0.3 is 0 Å². The Labute approximate surface area is 103 Å². The Bertz CT molecular complexity index is 444. The molecule has 17 heavy (non-hydrogen) atoms. The Balaban J connectivity index is 2.05. The molecule has 0 saturated carbocycles. The average molecular weight is 231 g/mol. The van der Waals surface area contributed by atoms with Gasteiger partial charge in [0.2, 0.25) is 0 Å². The van der Waals surface area contributed by atoms with E-state index < -0.39 is 0 Å². The Morgan fingerprint density at radius 1 is 1.12 bits per heavy atom. The van der Waals surface area contributed by atoms with Gasteiger partial charge in [-0.2, -0.15) is 0 Å². The number of benzene rings is 1. The molecule has 92 valence electrons. The topological polar surface area (TPSA) is 21.3 Å². The maximum atomic E-state index is 5.55. The van der Waals surface area contributed by atoms with Gasteiger partial charge in [0.1, 0.15) is 0 Å². The molecule has 2 nitrogen and oxygen atoms in total. The largest absolute Gasteiger partial charge is 0.379 e. The Kier molecular flexibility index (Phi) is 2.53. The van der Waals surface area contributed by atoms with Crippen LogP contribution in [-0.2, 0) is 10.2 Å². The van der Waals surface area contributed by atoms with Gasteiger partial charge in [-0.3, -0.25) is 0 Å². The highest BCUT2D eigenvalue weighted by molar-refractivity contribution is 5.44. The minimum Gasteiger partial charge on any atom is -0.379 e. The lowest BCUT2D eigenvalue weighted by Gasteiger charge is -2.52. The van der Waals surface area contributed by atoms with Crippen LogP contribution in [0.25, 0.3) is 0 Å². The van der Waals surface area contributed by atoms with Gasteiger partial charge in [0.05, 0.1) is 13.2 Å². The lowest BCUT2D eigenvalue weighted by atomic mass is 9.64. The fraction of sp³-hybridized carbons (Fsp3) is 0.600. The van der Waals surface area contributed by atoms with E-state index in [1.807, 2.05) is 0 Å². The van der Waals surface area contributed by atoms with Crippen LogP contribution in [0.15, 0.2) is 12.1 Å². The molecule has 2 aliphatic heterocycles. The molecular weight excluding hydrogens is 210 g/mol. The van der Waals surface area contributed by atoms with Crippen molar-refractivity contribution in [1.82, 2.24) is 5.32 Å². The van der Waals surface area contributed by atoms with Crippen LogP contribution in [0, 0.1) is 26.7 Å². The molecule has 2 heterocycles. The number of ether oxygens (including phenoxy) is 1. The van der Waals surface area contributed by atoms with Crippen LogP contribution in [0.5, 0.6) is 0 Å². The number of hydrogen-bond acceptors (Lipinski definition) is 2. The van der Waals surface area contributed by atoms with E-state index in [4.69, 9.17) is 4.74 Å². The predicted octanol–water partition coefficient (Wildman–Crippen LogP) is 2.10. The van der Waals surface area contributed by atoms with Crippen molar-refractivity contribution in [3.63, 3.8) is 0 Å². The van der Waals surface area contributed by atoms with E-state index in [0.29, 0.717) is 5.41 Å². The van der Waals surface area contributed by atoms with Gasteiger partial charge in [-0.1, -0.05) is 12.1 Å². The summed E-state index contributed by atoms with van der Waals surface area (Å²) in [6.07, 6.45) is 0. The molecule has 0 atom stereocenters. The normalized spacial score (nSPS) is 23.0. The Morgan fingerprint density at radius 3 is 2.29 bits per heavy atom. The first-order chi connectivity index (χ1) is 8.15. The second-order valence-electron chi connectivity index (χ2n) is 5.68. The van der Waals surface area contributed by atoms with Crippen LogP contribution in [0.4, 0.5) is 0 Å². The van der Waals surface area contributed by atoms with E-state index in [1.165, 1.54) is 22.3 Å². The Morgan fingerprint density at radius 2 is 1.82 bits per heavy atom. The van der Waals surface area contributed by atoms with E-state index in [1.54, 1.807) is 0 Å². The second kappa shape index (κ2) is 3.82. The van der Waals surface area contributed by atoms with Crippen LogP contribution in [0.3, 0.4) is 0 Å². The minimum atomic E-state index is 0.299. The SMILES string of the molecule is Cc1ccc(C2(C3CNC3)COC2)c(C)c1C. The van der Waals surface area contributed by atoms with Crippen LogP contribution >= 0.6 is 0 Å². The summed E-state index contributed by atoms with van der Waals surface area (Å²) in [5.74, 6) is 0.761. The minimum absolute atomic E-state index is 0.299. The van der Waals surface area contributed by atoms with Crippen LogP contribution in [0.1, 0.15) is 22.3 Å². The number of nitrogens with one attached hydrogen (secondary N) is 1. The smallest absolute Gasteiger partial charge is 0.0589 e. The zero-order chi connectivity index (χ0) is 12.0. The lowest BCUT2D eigenvalue weighted by Crippen LogP contribution is -2.63. The third-order valence-corrected chi connectivity index (χ3v) is 4.88. The van der Waals surface area contributed by atoms with Crippen molar-refractivity contribution < 1.29 is 4.74 Å². The maximum absolute atomic E-state index is 5.55. The van der Waals surface area contributed by atoms with Gasteiger partial charge in [-0.25, -0.2) is 0 Å². The van der Waals surface area contributed by atoms with Gasteiger partial charge in [0.25, 0.3) is 0 Å². The van der Waals surface area contributed by atoms with E-state index >= 15 is 0 Å². The number of hydrogen-bond donors (Lipinski definition) is 1. The fourth-order valence-corrected chi connectivity index (χ4v) is 3.11. The molecule has 1 aromatic rings. The number of aryl methyl sites for hydroxylation is 1. The summed E-state index contributed by atoms with van der Waals surface area (Å²) in [7, 11) is 0. The molecule has 0 aromatic heterocycles. The highest BCUT2D eigenvalue weighted by atomic mass is 16.5. The van der Waals surface area contributed by atoms with Crippen molar-refractivity contribution in [3.8, 4) is 0 Å². The first-order valence-corrected chi connectivity index (χ1v) is 6.51. The third kappa shape index (κ3) is 1.47. The fourth-order valence-electron chi connectivity index (χ4n) is 3.11. The third-order valence-electron chi connectivity index (χ3n) is 4.88. The molecule has 3 rings (SSSR count). The molecule has 0 aliphatic carbocycles. The zero-order valence-electron chi connectivity index (χ0n) is 11.0. The molecular formula is C15H21NO. The number of rotatable bonds is 2. The molecule has 2 aliphatic rings. The summed E-state index contributed by atoms with van der Waals surface area (Å²) in [6.45, 7) is 10.8. The molecule has 0 bridgehead atoms. The molecule has 2 fully saturated rings. The van der Waals surface area contributed by atoms with Gasteiger partial charge in [-0.15, -0.1) is 0 Å². The summed E-state index contributed by atoms with van der Waals surface area (Å²) < 4.78 is 5.55. The molecule has 2 saturated heterocycles. The summed E-state index contributed by atoms with van der Waals surface area (Å²) in [5, 5.41) is 3.39. The molecule has 1 N–H and O–H groups in total. The maximum Gasteiger partial charge on any atom is 0.0589 e. The summed E-state index contributed by atoms with van der Waals surface area (Å²) in [4.78, 5) is 0. The van der Waals surface area contributed by atoms with E-state index in [-0.39, 0.29) is 0 Å². The van der Waals surface area contributed by atoms with Gasteiger partial charge in [-0.05, 0) is 48.9 Å². The molecule has 2 heteroatoms. The van der Waals surface area contributed by atoms with Gasteiger partial charge in [0.15, 0.2) is 0 Å². The summed E-state index contributed by atoms with van der Waals surface area (Å²) >= 11 is 0. The van der Waals surface area contributed by atoms with E-state index in [2.05, 4.69) is 38.2 Å². The Hall–Kier alpha value is -0.860. The highest BCUT2D eigenvalue weighted by Gasteiger charge is 2.49. The first-order valence-electron chi connectivity index (χ1n) is 6.51. The predicted molar refractivity (Wildman–Crippen MR) is 69.5 cm³/mol. The lowest BCUT2D eigenvalue weighted by molar-refractivity contribution is -0.101. The van der Waals surface area contributed by atoms with E-state index in [0.717, 1.165) is 32.2 Å². The van der Waals surface area contributed by atoms with Crippen molar-refractivity contribution in [3.05, 3.63) is 34.4 Å². The van der Waals surface area contributed by atoms with E-state index in [9.17, 15) is 0 Å². The second-order valence-corrected chi connectivity index (χ2v) is 5.68. The summed E-state index contributed by atoms with van der Waals surface area (Å²) in [6, 6.07) is 4.60. The van der Waals surface area contributed by atoms with Crippen molar-refractivity contribution in [2.75, 3.05) is 26.3 Å². The molecule has 0 radical (unpaired) electrons. The first kappa shape index (κ1) is 11.2. The monoisotopic (exact) mass is 231 g/mol. The average Bonchev–Trinajstić information content (AvgIpc) is 2.18. The quantitative estimate of drug-likeness (QED) is 0.841. The molecule has 0 spiro atoms. The standard InChI is InChI=1S/C15H21NO/c1-10-4-5-14(12(3)11(10)2)15(8-17-9-15)13-6-16-7-13/h4-5,13,16H,6-9H2,1-3H3. The van der Waals surface area contributed by atoms with Crippen LogP contribution < -0.4 is 5.32 Å². The van der Waals surface area contributed by atoms with Crippen molar-refractivity contribution in [1.29, 1.82) is 0 Å².